The molecule has 0 heterocycles. The summed E-state index contributed by atoms with van der Waals surface area (Å²) in [5, 5.41) is 0. The Morgan fingerprint density at radius 2 is 1.90 bits per heavy atom. The summed E-state index contributed by atoms with van der Waals surface area (Å²) in [4.78, 5) is 0.237. The zero-order valence-corrected chi connectivity index (χ0v) is 13.9. The first-order valence-electron chi connectivity index (χ1n) is 7.25. The van der Waals surface area contributed by atoms with Crippen molar-refractivity contribution in [2.24, 2.45) is 5.73 Å². The van der Waals surface area contributed by atoms with E-state index in [0.29, 0.717) is 11.1 Å². The van der Waals surface area contributed by atoms with Crippen LogP contribution >= 0.6 is 12.2 Å². The second-order valence-electron chi connectivity index (χ2n) is 5.59. The molecule has 0 unspecified atom stereocenters. The van der Waals surface area contributed by atoms with Crippen LogP contribution in [0, 0.1) is 0 Å². The first-order chi connectivity index (χ1) is 9.92. The van der Waals surface area contributed by atoms with Crippen molar-refractivity contribution in [3.05, 3.63) is 35.4 Å². The van der Waals surface area contributed by atoms with Gasteiger partial charge in [0.15, 0.2) is 0 Å². The minimum atomic E-state index is -3.35. The summed E-state index contributed by atoms with van der Waals surface area (Å²) in [6.07, 6.45) is 5.32. The Morgan fingerprint density at radius 3 is 2.52 bits per heavy atom. The van der Waals surface area contributed by atoms with Crippen LogP contribution < -0.4 is 5.73 Å². The van der Waals surface area contributed by atoms with Crippen molar-refractivity contribution in [3.63, 3.8) is 0 Å². The summed E-state index contributed by atoms with van der Waals surface area (Å²) < 4.78 is 26.8. The minimum absolute atomic E-state index is 0.0481. The van der Waals surface area contributed by atoms with Gasteiger partial charge in [-0.1, -0.05) is 55.7 Å². The molecule has 6 heteroatoms. The number of benzene rings is 1. The molecule has 0 saturated heterocycles. The highest BCUT2D eigenvalue weighted by atomic mass is 32.2. The summed E-state index contributed by atoms with van der Waals surface area (Å²) >= 11 is 5.00. The van der Waals surface area contributed by atoms with E-state index in [4.69, 9.17) is 18.0 Å². The molecule has 0 spiro atoms. The predicted octanol–water partition coefficient (Wildman–Crippen LogP) is 2.42. The molecule has 1 saturated carbocycles. The van der Waals surface area contributed by atoms with Crippen molar-refractivity contribution in [1.82, 2.24) is 4.31 Å². The first kappa shape index (κ1) is 16.4. The van der Waals surface area contributed by atoms with Crippen molar-refractivity contribution in [2.75, 3.05) is 7.05 Å². The smallest absolute Gasteiger partial charge is 0.218 e. The fourth-order valence-corrected chi connectivity index (χ4v) is 4.57. The Labute approximate surface area is 132 Å². The van der Waals surface area contributed by atoms with Crippen molar-refractivity contribution in [1.29, 1.82) is 0 Å². The normalized spacial score (nSPS) is 17.0. The van der Waals surface area contributed by atoms with Gasteiger partial charge in [-0.05, 0) is 18.4 Å². The number of nitrogens with zero attached hydrogens (tertiary/aromatic N) is 1. The van der Waals surface area contributed by atoms with E-state index in [1.165, 1.54) is 6.42 Å². The Bertz CT molecular complexity index is 608. The Morgan fingerprint density at radius 1 is 1.29 bits per heavy atom. The molecule has 1 aromatic carbocycles. The monoisotopic (exact) mass is 326 g/mol. The van der Waals surface area contributed by atoms with Crippen LogP contribution in [0.15, 0.2) is 24.3 Å². The second kappa shape index (κ2) is 6.85. The van der Waals surface area contributed by atoms with E-state index < -0.39 is 10.0 Å². The molecule has 1 aliphatic rings. The average Bonchev–Trinajstić information content (AvgIpc) is 2.47. The van der Waals surface area contributed by atoms with Gasteiger partial charge in [-0.3, -0.25) is 0 Å². The molecule has 0 aliphatic heterocycles. The molecule has 2 N–H and O–H groups in total. The summed E-state index contributed by atoms with van der Waals surface area (Å²) in [5.74, 6) is -0.0481. The third-order valence-electron chi connectivity index (χ3n) is 4.15. The SMILES string of the molecule is CN(C1CCCCC1)S(=O)(=O)Cc1ccccc1C(N)=S. The minimum Gasteiger partial charge on any atom is -0.389 e. The third-order valence-corrected chi connectivity index (χ3v) is 6.22. The molecule has 4 nitrogen and oxygen atoms in total. The molecular formula is C15H22N2O2S2. The lowest BCUT2D eigenvalue weighted by atomic mass is 9.96. The van der Waals surface area contributed by atoms with Gasteiger partial charge in [0, 0.05) is 18.7 Å². The number of sulfonamides is 1. The highest BCUT2D eigenvalue weighted by Gasteiger charge is 2.28. The van der Waals surface area contributed by atoms with Crippen LogP contribution in [0.1, 0.15) is 43.2 Å². The number of thiocarbonyl (C=S) groups is 1. The lowest BCUT2D eigenvalue weighted by molar-refractivity contribution is 0.285. The Balaban J connectivity index is 2.19. The van der Waals surface area contributed by atoms with Gasteiger partial charge in [0.1, 0.15) is 4.99 Å². The topological polar surface area (TPSA) is 63.4 Å². The summed E-state index contributed by atoms with van der Waals surface area (Å²) in [5.41, 5.74) is 7.00. The van der Waals surface area contributed by atoms with E-state index in [-0.39, 0.29) is 16.8 Å². The van der Waals surface area contributed by atoms with E-state index in [2.05, 4.69) is 0 Å². The van der Waals surface area contributed by atoms with E-state index in [0.717, 1.165) is 25.7 Å². The maximum atomic E-state index is 12.6. The molecule has 21 heavy (non-hydrogen) atoms. The van der Waals surface area contributed by atoms with Crippen LogP contribution in [0.2, 0.25) is 0 Å². The van der Waals surface area contributed by atoms with Gasteiger partial charge in [0.2, 0.25) is 10.0 Å². The van der Waals surface area contributed by atoms with E-state index >= 15 is 0 Å². The molecule has 0 radical (unpaired) electrons. The van der Waals surface area contributed by atoms with Crippen LogP contribution in [0.5, 0.6) is 0 Å². The van der Waals surface area contributed by atoms with E-state index in [1.807, 2.05) is 12.1 Å². The maximum Gasteiger partial charge on any atom is 0.218 e. The molecule has 0 bridgehead atoms. The summed E-state index contributed by atoms with van der Waals surface area (Å²) in [6, 6.07) is 7.30. The number of hydrogen-bond acceptors (Lipinski definition) is 3. The number of hydrogen-bond donors (Lipinski definition) is 1. The fourth-order valence-electron chi connectivity index (χ4n) is 2.86. The zero-order chi connectivity index (χ0) is 15.5. The van der Waals surface area contributed by atoms with Gasteiger partial charge < -0.3 is 5.73 Å². The highest BCUT2D eigenvalue weighted by molar-refractivity contribution is 7.88. The fraction of sp³-hybridized carbons (Fsp3) is 0.533. The maximum absolute atomic E-state index is 12.6. The standard InChI is InChI=1S/C15H22N2O2S2/c1-17(13-8-3-2-4-9-13)21(18,19)11-12-7-5-6-10-14(12)15(16)20/h5-7,10,13H,2-4,8-9,11H2,1H3,(H2,16,20). The third kappa shape index (κ3) is 4.02. The molecule has 1 fully saturated rings. The molecule has 0 atom stereocenters. The lowest BCUT2D eigenvalue weighted by Gasteiger charge is -2.30. The van der Waals surface area contributed by atoms with Gasteiger partial charge in [0.25, 0.3) is 0 Å². The molecular weight excluding hydrogens is 304 g/mol. The molecule has 2 rings (SSSR count). The van der Waals surface area contributed by atoms with Gasteiger partial charge >= 0.3 is 0 Å². The largest absolute Gasteiger partial charge is 0.389 e. The van der Waals surface area contributed by atoms with Crippen molar-refractivity contribution in [3.8, 4) is 0 Å². The Kier molecular flexibility index (Phi) is 5.35. The van der Waals surface area contributed by atoms with Crippen molar-refractivity contribution < 1.29 is 8.42 Å². The zero-order valence-electron chi connectivity index (χ0n) is 12.3. The van der Waals surface area contributed by atoms with Crippen molar-refractivity contribution in [2.45, 2.75) is 43.9 Å². The van der Waals surface area contributed by atoms with Crippen LogP contribution in [-0.4, -0.2) is 30.8 Å². The van der Waals surface area contributed by atoms with Crippen molar-refractivity contribution >= 4 is 27.2 Å². The lowest BCUT2D eigenvalue weighted by Crippen LogP contribution is -2.39. The Hall–Kier alpha value is -0.980. The van der Waals surface area contributed by atoms with Gasteiger partial charge in [-0.25, -0.2) is 12.7 Å². The first-order valence-corrected chi connectivity index (χ1v) is 9.27. The van der Waals surface area contributed by atoms with Crippen LogP contribution in [0.4, 0.5) is 0 Å². The average molecular weight is 326 g/mol. The molecule has 116 valence electrons. The van der Waals surface area contributed by atoms with Crippen LogP contribution in [0.25, 0.3) is 0 Å². The van der Waals surface area contributed by atoms with Crippen LogP contribution in [-0.2, 0) is 15.8 Å². The number of nitrogens with two attached hydrogens (primary N) is 1. The van der Waals surface area contributed by atoms with E-state index in [1.54, 1.807) is 23.5 Å². The molecule has 0 aromatic heterocycles. The van der Waals surface area contributed by atoms with Gasteiger partial charge in [-0.15, -0.1) is 0 Å². The number of rotatable bonds is 5. The van der Waals surface area contributed by atoms with Gasteiger partial charge in [0.05, 0.1) is 5.75 Å². The predicted molar refractivity (Wildman–Crippen MR) is 89.6 cm³/mol. The second-order valence-corrected chi connectivity index (χ2v) is 8.05. The summed E-state index contributed by atoms with van der Waals surface area (Å²) in [7, 11) is -1.66. The molecule has 0 amide bonds. The van der Waals surface area contributed by atoms with Gasteiger partial charge in [-0.2, -0.15) is 0 Å². The van der Waals surface area contributed by atoms with E-state index in [9.17, 15) is 8.42 Å². The summed E-state index contributed by atoms with van der Waals surface area (Å²) in [6.45, 7) is 0. The highest BCUT2D eigenvalue weighted by Crippen LogP contribution is 2.25. The quantitative estimate of drug-likeness (QED) is 0.844. The molecule has 1 aromatic rings. The van der Waals surface area contributed by atoms with Crippen LogP contribution in [0.3, 0.4) is 0 Å². The molecule has 1 aliphatic carbocycles.